The first-order valence-corrected chi connectivity index (χ1v) is 8.51. The molecule has 0 saturated carbocycles. The first kappa shape index (κ1) is 14.5. The molecule has 1 aliphatic heterocycles. The van der Waals surface area contributed by atoms with Crippen LogP contribution in [0.1, 0.15) is 42.0 Å². The Kier molecular flexibility index (Phi) is 3.50. The molecule has 1 aliphatic rings. The topological polar surface area (TPSA) is 76.5 Å². The number of hydrogen-bond donors (Lipinski definition) is 0. The molecule has 0 N–H and O–H groups in total. The number of aryl methyl sites for hydroxylation is 2. The van der Waals surface area contributed by atoms with E-state index in [1.165, 1.54) is 11.3 Å². The van der Waals surface area contributed by atoms with Crippen LogP contribution in [0.25, 0.3) is 4.96 Å². The van der Waals surface area contributed by atoms with E-state index in [0.717, 1.165) is 41.6 Å². The van der Waals surface area contributed by atoms with E-state index in [2.05, 4.69) is 20.0 Å². The van der Waals surface area contributed by atoms with E-state index < -0.39 is 0 Å². The molecule has 1 saturated heterocycles. The van der Waals surface area contributed by atoms with Crippen molar-refractivity contribution in [1.82, 2.24) is 24.4 Å². The fourth-order valence-electron chi connectivity index (χ4n) is 3.15. The molecule has 4 rings (SSSR count). The monoisotopic (exact) mass is 331 g/mol. The average molecular weight is 331 g/mol. The summed E-state index contributed by atoms with van der Waals surface area (Å²) in [7, 11) is 0. The van der Waals surface area contributed by atoms with Crippen LogP contribution in [-0.4, -0.2) is 31.0 Å². The Morgan fingerprint density at radius 3 is 3.04 bits per heavy atom. The van der Waals surface area contributed by atoms with Gasteiger partial charge in [-0.15, -0.1) is 11.3 Å². The Bertz CT molecular complexity index is 912. The minimum absolute atomic E-state index is 0.0186. The lowest BCUT2D eigenvalue weighted by molar-refractivity contribution is 0.231. The van der Waals surface area contributed by atoms with E-state index in [0.29, 0.717) is 12.4 Å². The number of fused-ring (bicyclic) bond motifs is 1. The first-order valence-electron chi connectivity index (χ1n) is 7.63. The predicted molar refractivity (Wildman–Crippen MR) is 85.5 cm³/mol. The summed E-state index contributed by atoms with van der Waals surface area (Å²) in [5.41, 5.74) is 1.70. The van der Waals surface area contributed by atoms with Crippen LogP contribution in [0.3, 0.4) is 0 Å². The number of nitrogens with zero attached hydrogens (tertiary/aromatic N) is 5. The van der Waals surface area contributed by atoms with Gasteiger partial charge in [0.1, 0.15) is 0 Å². The van der Waals surface area contributed by atoms with Crippen molar-refractivity contribution < 1.29 is 4.52 Å². The van der Waals surface area contributed by atoms with E-state index in [-0.39, 0.29) is 11.6 Å². The highest BCUT2D eigenvalue weighted by atomic mass is 32.1. The second kappa shape index (κ2) is 5.54. The molecule has 3 aromatic heterocycles. The summed E-state index contributed by atoms with van der Waals surface area (Å²) < 4.78 is 6.75. The minimum Gasteiger partial charge on any atom is -0.340 e. The standard InChI is InChI=1S/C15H17N5O2S/c1-9-8-23-15-17-11(6-13(21)20(9)15)7-19-5-3-4-12(19)14-16-10(2)22-18-14/h6,8,12H,3-5,7H2,1-2H3/t12-/m1/s1. The van der Waals surface area contributed by atoms with Gasteiger partial charge in [-0.3, -0.25) is 14.1 Å². The van der Waals surface area contributed by atoms with E-state index in [1.807, 2.05) is 12.3 Å². The molecule has 1 fully saturated rings. The van der Waals surface area contributed by atoms with Crippen molar-refractivity contribution in [3.05, 3.63) is 44.9 Å². The van der Waals surface area contributed by atoms with Gasteiger partial charge in [-0.05, 0) is 26.3 Å². The van der Waals surface area contributed by atoms with Crippen molar-refractivity contribution in [3.63, 3.8) is 0 Å². The van der Waals surface area contributed by atoms with Gasteiger partial charge in [0, 0.05) is 30.6 Å². The Morgan fingerprint density at radius 2 is 2.26 bits per heavy atom. The van der Waals surface area contributed by atoms with Gasteiger partial charge < -0.3 is 4.52 Å². The summed E-state index contributed by atoms with van der Waals surface area (Å²) >= 11 is 1.49. The van der Waals surface area contributed by atoms with Gasteiger partial charge in [-0.25, -0.2) is 4.98 Å². The summed E-state index contributed by atoms with van der Waals surface area (Å²) in [6.45, 7) is 5.29. The number of rotatable bonds is 3. The van der Waals surface area contributed by atoms with Crippen molar-refractivity contribution >= 4 is 16.3 Å². The maximum Gasteiger partial charge on any atom is 0.259 e. The van der Waals surface area contributed by atoms with Crippen molar-refractivity contribution in [3.8, 4) is 0 Å². The molecule has 4 heterocycles. The maximum absolute atomic E-state index is 12.3. The molecule has 0 radical (unpaired) electrons. The SMILES string of the molecule is Cc1nc([C@H]2CCCN2Cc2cc(=O)n3c(C)csc3n2)no1. The molecule has 0 aromatic carbocycles. The van der Waals surface area contributed by atoms with Crippen LogP contribution in [0.5, 0.6) is 0 Å². The first-order chi connectivity index (χ1) is 11.1. The Morgan fingerprint density at radius 1 is 1.39 bits per heavy atom. The second-order valence-electron chi connectivity index (χ2n) is 5.88. The third-order valence-electron chi connectivity index (χ3n) is 4.20. The summed E-state index contributed by atoms with van der Waals surface area (Å²) in [5.74, 6) is 1.31. The van der Waals surface area contributed by atoms with Crippen LogP contribution in [0.2, 0.25) is 0 Å². The molecule has 3 aromatic rings. The predicted octanol–water partition coefficient (Wildman–Crippen LogP) is 2.09. The largest absolute Gasteiger partial charge is 0.340 e. The van der Waals surface area contributed by atoms with E-state index in [9.17, 15) is 4.79 Å². The molecule has 23 heavy (non-hydrogen) atoms. The normalized spacial score (nSPS) is 19.0. The number of likely N-dealkylation sites (tertiary alicyclic amines) is 1. The summed E-state index contributed by atoms with van der Waals surface area (Å²) in [5, 5.41) is 6.00. The number of thiazole rings is 1. The van der Waals surface area contributed by atoms with Crippen LogP contribution in [0.4, 0.5) is 0 Å². The molecule has 0 amide bonds. The summed E-state index contributed by atoms with van der Waals surface area (Å²) in [6, 6.07) is 1.77. The fourth-order valence-corrected chi connectivity index (χ4v) is 4.04. The van der Waals surface area contributed by atoms with Gasteiger partial charge in [-0.2, -0.15) is 4.98 Å². The lowest BCUT2D eigenvalue weighted by atomic mass is 10.2. The highest BCUT2D eigenvalue weighted by molar-refractivity contribution is 7.15. The molecule has 7 nitrogen and oxygen atoms in total. The molecule has 0 unspecified atom stereocenters. The second-order valence-corrected chi connectivity index (χ2v) is 6.72. The number of hydrogen-bond acceptors (Lipinski definition) is 7. The van der Waals surface area contributed by atoms with Crippen molar-refractivity contribution in [2.75, 3.05) is 6.54 Å². The van der Waals surface area contributed by atoms with Crippen molar-refractivity contribution in [1.29, 1.82) is 0 Å². The van der Waals surface area contributed by atoms with Gasteiger partial charge in [0.25, 0.3) is 5.56 Å². The molecule has 8 heteroatoms. The van der Waals surface area contributed by atoms with Crippen molar-refractivity contribution in [2.45, 2.75) is 39.3 Å². The van der Waals surface area contributed by atoms with Gasteiger partial charge in [0.2, 0.25) is 5.89 Å². The summed E-state index contributed by atoms with van der Waals surface area (Å²) in [4.78, 5) is 24.3. The van der Waals surface area contributed by atoms with Crippen LogP contribution >= 0.6 is 11.3 Å². The van der Waals surface area contributed by atoms with Gasteiger partial charge >= 0.3 is 0 Å². The number of aromatic nitrogens is 4. The summed E-state index contributed by atoms with van der Waals surface area (Å²) in [6.07, 6.45) is 2.08. The van der Waals surface area contributed by atoms with Crippen LogP contribution in [0, 0.1) is 13.8 Å². The molecule has 0 bridgehead atoms. The Labute approximate surface area is 136 Å². The highest BCUT2D eigenvalue weighted by Crippen LogP contribution is 2.31. The van der Waals surface area contributed by atoms with Crippen LogP contribution in [0.15, 0.2) is 20.8 Å². The average Bonchev–Trinajstić information content (AvgIpc) is 3.20. The van der Waals surface area contributed by atoms with E-state index >= 15 is 0 Å². The van der Waals surface area contributed by atoms with Gasteiger partial charge in [-0.1, -0.05) is 5.16 Å². The Balaban J connectivity index is 1.63. The molecular weight excluding hydrogens is 314 g/mol. The Hall–Kier alpha value is -2.06. The maximum atomic E-state index is 12.3. The molecule has 1 atom stereocenters. The quantitative estimate of drug-likeness (QED) is 0.731. The third-order valence-corrected chi connectivity index (χ3v) is 5.14. The molecular formula is C15H17N5O2S. The van der Waals surface area contributed by atoms with Gasteiger partial charge in [0.15, 0.2) is 10.8 Å². The third kappa shape index (κ3) is 2.57. The van der Waals surface area contributed by atoms with Gasteiger partial charge in [0.05, 0.1) is 11.7 Å². The zero-order valence-corrected chi connectivity index (χ0v) is 13.8. The highest BCUT2D eigenvalue weighted by Gasteiger charge is 2.30. The smallest absolute Gasteiger partial charge is 0.259 e. The fraction of sp³-hybridized carbons (Fsp3) is 0.467. The zero-order valence-electron chi connectivity index (χ0n) is 13.0. The van der Waals surface area contributed by atoms with Crippen LogP contribution in [-0.2, 0) is 6.54 Å². The van der Waals surface area contributed by atoms with Crippen molar-refractivity contribution in [2.24, 2.45) is 0 Å². The molecule has 0 aliphatic carbocycles. The minimum atomic E-state index is -0.0186. The lowest BCUT2D eigenvalue weighted by Crippen LogP contribution is -2.25. The molecule has 0 spiro atoms. The lowest BCUT2D eigenvalue weighted by Gasteiger charge is -2.21. The van der Waals surface area contributed by atoms with E-state index in [4.69, 9.17) is 4.52 Å². The molecule has 120 valence electrons. The van der Waals surface area contributed by atoms with Crippen LogP contribution < -0.4 is 5.56 Å². The zero-order chi connectivity index (χ0) is 16.0. The van der Waals surface area contributed by atoms with E-state index in [1.54, 1.807) is 17.4 Å².